The van der Waals surface area contributed by atoms with Crippen LogP contribution in [0.3, 0.4) is 0 Å². The van der Waals surface area contributed by atoms with Gasteiger partial charge in [-0.15, -0.1) is 0 Å². The van der Waals surface area contributed by atoms with Gasteiger partial charge in [-0.1, -0.05) is 169 Å². The van der Waals surface area contributed by atoms with Gasteiger partial charge in [0.15, 0.2) is 0 Å². The van der Waals surface area contributed by atoms with Crippen molar-refractivity contribution in [2.24, 2.45) is 0 Å². The molecule has 10 heteroatoms. The molecule has 0 aliphatic heterocycles. The van der Waals surface area contributed by atoms with Gasteiger partial charge in [-0.25, -0.2) is 0 Å². The molecule has 8 nitrogen and oxygen atoms in total. The summed E-state index contributed by atoms with van der Waals surface area (Å²) in [6.07, 6.45) is 29.6. The fraction of sp³-hybridized carbons (Fsp3) is 0.500. The molecule has 82 heavy (non-hydrogen) atoms. The summed E-state index contributed by atoms with van der Waals surface area (Å²) >= 11 is 7.59. The summed E-state index contributed by atoms with van der Waals surface area (Å²) in [7, 11) is 0. The molecule has 0 saturated carbocycles. The Labute approximate surface area is 509 Å². The number of ether oxygens (including phenoxy) is 6. The molecular weight excluding hydrogens is 1150 g/mol. The number of allylic oxidation sites excluding steroid dienone is 2. The van der Waals surface area contributed by atoms with Crippen molar-refractivity contribution in [3.05, 3.63) is 104 Å². The molecule has 0 fully saturated rings. The fourth-order valence-corrected chi connectivity index (χ4v) is 11.4. The molecule has 0 unspecified atom stereocenters. The predicted molar refractivity (Wildman–Crippen MR) is 352 cm³/mol. The van der Waals surface area contributed by atoms with Crippen LogP contribution >= 0.6 is 31.9 Å². The average Bonchev–Trinajstić information content (AvgIpc) is 2.81. The topological polar surface area (TPSA) is 103 Å². The van der Waals surface area contributed by atoms with Crippen LogP contribution in [0, 0.1) is 22.7 Å². The minimum atomic E-state index is 0.449. The van der Waals surface area contributed by atoms with Gasteiger partial charge in [-0.2, -0.15) is 10.5 Å². The summed E-state index contributed by atoms with van der Waals surface area (Å²) in [5, 5.41) is 28.0. The maximum absolute atomic E-state index is 11.3. The Bertz CT molecular complexity index is 2890. The van der Waals surface area contributed by atoms with E-state index < -0.39 is 0 Å². The minimum Gasteiger partial charge on any atom is -0.492 e. The summed E-state index contributed by atoms with van der Waals surface area (Å²) in [4.78, 5) is 0. The first-order valence-corrected chi connectivity index (χ1v) is 33.0. The van der Waals surface area contributed by atoms with Gasteiger partial charge in [0, 0.05) is 54.6 Å². The van der Waals surface area contributed by atoms with Gasteiger partial charge in [0.25, 0.3) is 0 Å². The van der Waals surface area contributed by atoms with Crippen LogP contribution in [-0.4, -0.2) is 39.6 Å². The van der Waals surface area contributed by atoms with Crippen LogP contribution < -0.4 is 28.4 Å². The van der Waals surface area contributed by atoms with Crippen molar-refractivity contribution in [3.8, 4) is 46.6 Å². The van der Waals surface area contributed by atoms with Crippen molar-refractivity contribution in [1.82, 2.24) is 0 Å². The molecule has 0 saturated heterocycles. The molecule has 440 valence electrons. The summed E-state index contributed by atoms with van der Waals surface area (Å²) in [5.74, 6) is 4.28. The quantitative estimate of drug-likeness (QED) is 0.0213. The Morgan fingerprint density at radius 1 is 0.317 bits per heavy atom. The smallest absolute Gasteiger partial charge is 0.141 e. The molecule has 0 aromatic heterocycles. The highest BCUT2D eigenvalue weighted by molar-refractivity contribution is 9.11. The molecule has 0 spiro atoms. The Morgan fingerprint density at radius 3 is 0.854 bits per heavy atom. The lowest BCUT2D eigenvalue weighted by Crippen LogP contribution is -2.04. The molecule has 6 rings (SSSR count). The van der Waals surface area contributed by atoms with Crippen molar-refractivity contribution >= 4 is 87.5 Å². The van der Waals surface area contributed by atoms with E-state index in [1.54, 1.807) is 0 Å². The number of nitrogens with zero attached hydrogens (tertiary/aromatic N) is 2. The van der Waals surface area contributed by atoms with E-state index in [0.717, 1.165) is 204 Å². The van der Waals surface area contributed by atoms with Crippen LogP contribution in [0.4, 0.5) is 0 Å². The number of fused-ring (bicyclic) bond motifs is 3. The molecule has 0 N–H and O–H groups in total. The van der Waals surface area contributed by atoms with Crippen molar-refractivity contribution < 1.29 is 28.4 Å². The average molecular weight is 1240 g/mol. The van der Waals surface area contributed by atoms with E-state index in [9.17, 15) is 10.5 Å². The summed E-state index contributed by atoms with van der Waals surface area (Å²) < 4.78 is 42.2. The second kappa shape index (κ2) is 36.8. The molecule has 0 atom stereocenters. The number of unbranched alkanes of at least 4 members (excludes halogenated alkanes) is 18. The highest BCUT2D eigenvalue weighted by Gasteiger charge is 2.23. The van der Waals surface area contributed by atoms with E-state index in [1.807, 2.05) is 48.6 Å². The van der Waals surface area contributed by atoms with Gasteiger partial charge < -0.3 is 28.4 Å². The largest absolute Gasteiger partial charge is 0.492 e. The van der Waals surface area contributed by atoms with Crippen molar-refractivity contribution in [2.45, 2.75) is 196 Å². The third-order valence-electron chi connectivity index (χ3n) is 15.2. The van der Waals surface area contributed by atoms with E-state index in [-0.39, 0.29) is 0 Å². The van der Waals surface area contributed by atoms with Crippen molar-refractivity contribution in [2.75, 3.05) is 39.6 Å². The predicted octanol–water partition coefficient (Wildman–Crippen LogP) is 22.6. The second-order valence-corrected chi connectivity index (χ2v) is 23.4. The number of benzene rings is 6. The van der Waals surface area contributed by atoms with E-state index in [0.29, 0.717) is 73.4 Å². The molecule has 6 aromatic carbocycles. The first-order valence-electron chi connectivity index (χ1n) is 31.4. The molecular formula is C72H92Br2N2O6. The van der Waals surface area contributed by atoms with Gasteiger partial charge in [-0.05, 0) is 143 Å². The summed E-state index contributed by atoms with van der Waals surface area (Å²) in [5.41, 5.74) is 3.86. The zero-order valence-electron chi connectivity index (χ0n) is 50.4. The van der Waals surface area contributed by atoms with Crippen LogP contribution in [0.1, 0.15) is 218 Å². The highest BCUT2D eigenvalue weighted by Crippen LogP contribution is 2.46. The lowest BCUT2D eigenvalue weighted by molar-refractivity contribution is 0.304. The monoisotopic (exact) mass is 1240 g/mol. The van der Waals surface area contributed by atoms with Gasteiger partial charge >= 0.3 is 0 Å². The molecule has 0 heterocycles. The summed E-state index contributed by atoms with van der Waals surface area (Å²) in [6, 6.07) is 29.8. The molecule has 6 aromatic rings. The maximum atomic E-state index is 11.3. The van der Waals surface area contributed by atoms with Gasteiger partial charge in [0.05, 0.1) is 71.9 Å². The lowest BCUT2D eigenvalue weighted by atomic mass is 9.93. The minimum absolute atomic E-state index is 0.449. The number of nitriles is 2. The Morgan fingerprint density at radius 2 is 0.561 bits per heavy atom. The zero-order chi connectivity index (χ0) is 58.3. The molecule has 0 aliphatic carbocycles. The molecule has 0 amide bonds. The van der Waals surface area contributed by atoms with Crippen molar-refractivity contribution in [3.63, 3.8) is 0 Å². The van der Waals surface area contributed by atoms with Gasteiger partial charge in [0.2, 0.25) is 0 Å². The van der Waals surface area contributed by atoms with Crippen molar-refractivity contribution in [1.29, 1.82) is 10.5 Å². The van der Waals surface area contributed by atoms with Crippen LogP contribution in [-0.2, 0) is 0 Å². The van der Waals surface area contributed by atoms with Gasteiger partial charge in [0.1, 0.15) is 34.5 Å². The first-order chi connectivity index (χ1) is 40.3. The number of hydrogen-bond donors (Lipinski definition) is 0. The molecule has 0 aliphatic rings. The van der Waals surface area contributed by atoms with Crippen LogP contribution in [0.15, 0.2) is 81.7 Å². The first kappa shape index (κ1) is 65.5. The highest BCUT2D eigenvalue weighted by atomic mass is 79.9. The summed E-state index contributed by atoms with van der Waals surface area (Å²) in [6.45, 7) is 16.6. The van der Waals surface area contributed by atoms with Gasteiger partial charge in [-0.3, -0.25) is 0 Å². The number of rotatable bonds is 40. The van der Waals surface area contributed by atoms with Crippen LogP contribution in [0.2, 0.25) is 0 Å². The number of halogens is 2. The van der Waals surface area contributed by atoms with E-state index in [4.69, 9.17) is 28.4 Å². The SMILES string of the molecule is CCCCCCOc1c(Br)ccc2c(OCCCCCC)c(/C=C(\C#N)c3ccc4c(OCCCCCC)c(/C(C#N)=C/c5ccc6c(OCCCCCC)c(Br)ccc6c5OCCCCCC)ccc4c3OCCCCCC)ccc12. The third kappa shape index (κ3) is 18.7. The fourth-order valence-electron chi connectivity index (χ4n) is 10.5. The second-order valence-electron chi connectivity index (χ2n) is 21.7. The maximum Gasteiger partial charge on any atom is 0.141 e. The van der Waals surface area contributed by atoms with Crippen LogP contribution in [0.5, 0.6) is 34.5 Å². The molecule has 0 bridgehead atoms. The normalized spacial score (nSPS) is 11.8. The Balaban J connectivity index is 1.52. The third-order valence-corrected chi connectivity index (χ3v) is 16.4. The Kier molecular flexibility index (Phi) is 29.4. The van der Waals surface area contributed by atoms with Crippen LogP contribution in [0.25, 0.3) is 55.6 Å². The Hall–Kier alpha value is -5.68. The zero-order valence-corrected chi connectivity index (χ0v) is 53.6. The van der Waals surface area contributed by atoms with E-state index in [2.05, 4.69) is 122 Å². The van der Waals surface area contributed by atoms with E-state index >= 15 is 0 Å². The molecule has 0 radical (unpaired) electrons. The standard InChI is InChI=1S/C72H92Br2N2O6/c1-7-13-19-25-43-77-67-53(31-33-63-59(67)39-41-65(73)71(63)81-47-29-23-17-11-5)49-55(51-75)57-35-37-62-61(69(57)79-45-27-21-15-9-3)38-36-58(70(62)80-46-28-22-16-10-4)56(52-76)50-54-32-34-64-60(68(54)78-44-26-20-14-8-2)40-42-66(74)72(64)82-48-30-24-18-12-6/h31-42,49-50H,7-30,43-48H2,1-6H3/b55-49+,56-50+. The number of hydrogen-bond acceptors (Lipinski definition) is 8. The lowest BCUT2D eigenvalue weighted by Gasteiger charge is -2.20. The van der Waals surface area contributed by atoms with E-state index in [1.165, 1.54) is 25.7 Å².